The summed E-state index contributed by atoms with van der Waals surface area (Å²) < 4.78 is 25.7. The zero-order valence-corrected chi connectivity index (χ0v) is 9.82. The Kier molecular flexibility index (Phi) is 3.37. The Balaban J connectivity index is 2.26. The second-order valence-corrected chi connectivity index (χ2v) is 3.75. The molecule has 19 heavy (non-hydrogen) atoms. The van der Waals surface area contributed by atoms with Crippen molar-refractivity contribution in [3.8, 4) is 0 Å². The number of aromatic carboxylic acids is 1. The molecule has 98 valence electrons. The molecule has 1 aromatic heterocycles. The summed E-state index contributed by atoms with van der Waals surface area (Å²) in [6.45, 7) is 1.52. The molecule has 0 radical (unpaired) electrons. The molecule has 2 N–H and O–H groups in total. The van der Waals surface area contributed by atoms with Gasteiger partial charge in [-0.15, -0.1) is 0 Å². The minimum atomic E-state index is -1.13. The van der Waals surface area contributed by atoms with Crippen LogP contribution in [0.15, 0.2) is 24.4 Å². The van der Waals surface area contributed by atoms with Gasteiger partial charge < -0.3 is 10.4 Å². The van der Waals surface area contributed by atoms with Gasteiger partial charge >= 0.3 is 5.97 Å². The standard InChI is InChI=1S/C12H9F2N3O2/c1-6-8(11(18)19)5-15-12(16-6)17-7-2-3-9(13)10(14)4-7/h2-5H,1H3,(H,18,19)(H,15,16,17). The van der Waals surface area contributed by atoms with Crippen molar-refractivity contribution in [2.75, 3.05) is 5.32 Å². The highest BCUT2D eigenvalue weighted by Crippen LogP contribution is 2.17. The number of nitrogens with zero attached hydrogens (tertiary/aromatic N) is 2. The van der Waals surface area contributed by atoms with E-state index in [0.717, 1.165) is 18.3 Å². The van der Waals surface area contributed by atoms with Crippen LogP contribution in [0.5, 0.6) is 0 Å². The van der Waals surface area contributed by atoms with E-state index in [1.807, 2.05) is 0 Å². The van der Waals surface area contributed by atoms with E-state index in [-0.39, 0.29) is 22.9 Å². The predicted molar refractivity (Wildman–Crippen MR) is 63.4 cm³/mol. The fraction of sp³-hybridized carbons (Fsp3) is 0.0833. The Morgan fingerprint density at radius 2 is 2.05 bits per heavy atom. The van der Waals surface area contributed by atoms with Crippen LogP contribution in [-0.4, -0.2) is 21.0 Å². The van der Waals surface area contributed by atoms with Gasteiger partial charge in [-0.25, -0.2) is 23.5 Å². The molecule has 0 saturated carbocycles. The topological polar surface area (TPSA) is 75.1 Å². The van der Waals surface area contributed by atoms with Gasteiger partial charge in [0.15, 0.2) is 11.6 Å². The van der Waals surface area contributed by atoms with Crippen LogP contribution in [0.4, 0.5) is 20.4 Å². The van der Waals surface area contributed by atoms with Crippen LogP contribution in [0.25, 0.3) is 0 Å². The predicted octanol–water partition coefficient (Wildman–Crippen LogP) is 2.51. The molecule has 1 heterocycles. The third kappa shape index (κ3) is 2.82. The van der Waals surface area contributed by atoms with Crippen LogP contribution >= 0.6 is 0 Å². The summed E-state index contributed by atoms with van der Waals surface area (Å²) in [5.41, 5.74) is 0.518. The van der Waals surface area contributed by atoms with Gasteiger partial charge in [-0.05, 0) is 19.1 Å². The zero-order chi connectivity index (χ0) is 14.0. The molecule has 0 bridgehead atoms. The van der Waals surface area contributed by atoms with Crippen molar-refractivity contribution in [1.29, 1.82) is 0 Å². The van der Waals surface area contributed by atoms with Crippen LogP contribution < -0.4 is 5.32 Å². The van der Waals surface area contributed by atoms with Crippen LogP contribution in [0, 0.1) is 18.6 Å². The van der Waals surface area contributed by atoms with Crippen LogP contribution in [0.1, 0.15) is 16.1 Å². The fourth-order valence-corrected chi connectivity index (χ4v) is 1.44. The Morgan fingerprint density at radius 3 is 2.63 bits per heavy atom. The van der Waals surface area contributed by atoms with E-state index >= 15 is 0 Å². The fourth-order valence-electron chi connectivity index (χ4n) is 1.44. The molecule has 5 nitrogen and oxygen atoms in total. The molecule has 0 spiro atoms. The molecule has 0 atom stereocenters. The lowest BCUT2D eigenvalue weighted by Crippen LogP contribution is -2.06. The molecule has 0 aliphatic rings. The molecule has 1 aromatic carbocycles. The second kappa shape index (κ2) is 4.97. The van der Waals surface area contributed by atoms with Crippen LogP contribution in [0.3, 0.4) is 0 Å². The van der Waals surface area contributed by atoms with Gasteiger partial charge in [-0.3, -0.25) is 0 Å². The highest BCUT2D eigenvalue weighted by molar-refractivity contribution is 5.88. The quantitative estimate of drug-likeness (QED) is 0.891. The maximum Gasteiger partial charge on any atom is 0.339 e. The summed E-state index contributed by atoms with van der Waals surface area (Å²) in [7, 11) is 0. The number of hydrogen-bond donors (Lipinski definition) is 2. The highest BCUT2D eigenvalue weighted by atomic mass is 19.2. The van der Waals surface area contributed by atoms with E-state index in [9.17, 15) is 13.6 Å². The largest absolute Gasteiger partial charge is 0.478 e. The van der Waals surface area contributed by atoms with Gasteiger partial charge in [-0.2, -0.15) is 0 Å². The Bertz CT molecular complexity index is 647. The van der Waals surface area contributed by atoms with Crippen molar-refractivity contribution in [2.24, 2.45) is 0 Å². The van der Waals surface area contributed by atoms with Gasteiger partial charge in [0.05, 0.1) is 11.3 Å². The number of halogens is 2. The molecule has 0 fully saturated rings. The number of hydrogen-bond acceptors (Lipinski definition) is 4. The zero-order valence-electron chi connectivity index (χ0n) is 9.82. The van der Waals surface area contributed by atoms with Gasteiger partial charge in [0.2, 0.25) is 5.95 Å². The van der Waals surface area contributed by atoms with Gasteiger partial charge in [0, 0.05) is 18.0 Å². The molecule has 0 unspecified atom stereocenters. The van der Waals surface area contributed by atoms with Crippen molar-refractivity contribution >= 4 is 17.6 Å². The lowest BCUT2D eigenvalue weighted by Gasteiger charge is -2.06. The van der Waals surface area contributed by atoms with E-state index in [1.165, 1.54) is 13.0 Å². The number of carboxylic acid groups (broad SMARTS) is 1. The van der Waals surface area contributed by atoms with E-state index < -0.39 is 17.6 Å². The Labute approximate surface area is 106 Å². The summed E-state index contributed by atoms with van der Waals surface area (Å²) >= 11 is 0. The van der Waals surface area contributed by atoms with Crippen LogP contribution in [0.2, 0.25) is 0 Å². The van der Waals surface area contributed by atoms with Gasteiger partial charge in [0.25, 0.3) is 0 Å². The normalized spacial score (nSPS) is 10.3. The summed E-state index contributed by atoms with van der Waals surface area (Å²) in [6.07, 6.45) is 1.15. The second-order valence-electron chi connectivity index (χ2n) is 3.75. The molecule has 2 aromatic rings. The number of nitrogens with one attached hydrogen (secondary N) is 1. The molecular formula is C12H9F2N3O2. The van der Waals surface area contributed by atoms with Crippen LogP contribution in [-0.2, 0) is 0 Å². The van der Waals surface area contributed by atoms with E-state index in [1.54, 1.807) is 0 Å². The molecule has 0 aliphatic heterocycles. The lowest BCUT2D eigenvalue weighted by atomic mass is 10.2. The smallest absolute Gasteiger partial charge is 0.339 e. The van der Waals surface area contributed by atoms with Gasteiger partial charge in [0.1, 0.15) is 0 Å². The third-order valence-electron chi connectivity index (χ3n) is 2.39. The van der Waals surface area contributed by atoms with E-state index in [2.05, 4.69) is 15.3 Å². The molecule has 0 saturated heterocycles. The Hall–Kier alpha value is -2.57. The maximum atomic E-state index is 13.0. The highest BCUT2D eigenvalue weighted by Gasteiger charge is 2.10. The van der Waals surface area contributed by atoms with Crippen molar-refractivity contribution in [2.45, 2.75) is 6.92 Å². The number of benzene rings is 1. The van der Waals surface area contributed by atoms with E-state index in [4.69, 9.17) is 5.11 Å². The SMILES string of the molecule is Cc1nc(Nc2ccc(F)c(F)c2)ncc1C(=O)O. The number of anilines is 2. The van der Waals surface area contributed by atoms with Crippen molar-refractivity contribution in [3.05, 3.63) is 47.3 Å². The summed E-state index contributed by atoms with van der Waals surface area (Å²) in [6, 6.07) is 3.25. The number of carboxylic acids is 1. The van der Waals surface area contributed by atoms with Crippen molar-refractivity contribution in [1.82, 2.24) is 9.97 Å². The average Bonchev–Trinajstić information content (AvgIpc) is 2.33. The first-order valence-corrected chi connectivity index (χ1v) is 5.26. The van der Waals surface area contributed by atoms with Crippen molar-refractivity contribution < 1.29 is 18.7 Å². The molecule has 0 aliphatic carbocycles. The first-order valence-electron chi connectivity index (χ1n) is 5.26. The first kappa shape index (κ1) is 12.9. The molecule has 7 heteroatoms. The van der Waals surface area contributed by atoms with Crippen molar-refractivity contribution in [3.63, 3.8) is 0 Å². The molecule has 0 amide bonds. The summed E-state index contributed by atoms with van der Waals surface area (Å²) in [5, 5.41) is 11.5. The van der Waals surface area contributed by atoms with Gasteiger partial charge in [-0.1, -0.05) is 0 Å². The molecule has 2 rings (SSSR count). The Morgan fingerprint density at radius 1 is 1.32 bits per heavy atom. The minimum Gasteiger partial charge on any atom is -0.478 e. The minimum absolute atomic E-state index is 0.0177. The maximum absolute atomic E-state index is 13.0. The third-order valence-corrected chi connectivity index (χ3v) is 2.39. The number of aryl methyl sites for hydroxylation is 1. The number of rotatable bonds is 3. The lowest BCUT2D eigenvalue weighted by molar-refractivity contribution is 0.0695. The first-order chi connectivity index (χ1) is 8.97. The van der Waals surface area contributed by atoms with E-state index in [0.29, 0.717) is 0 Å². The average molecular weight is 265 g/mol. The summed E-state index contributed by atoms with van der Waals surface area (Å²) in [4.78, 5) is 18.5. The molecular weight excluding hydrogens is 256 g/mol. The number of carbonyl (C=O) groups is 1. The monoisotopic (exact) mass is 265 g/mol. The number of aromatic nitrogens is 2. The summed E-state index contributed by atoms with van der Waals surface area (Å²) in [5.74, 6) is -2.97.